The summed E-state index contributed by atoms with van der Waals surface area (Å²) < 4.78 is 25.7. The minimum absolute atomic E-state index is 0.0449. The van der Waals surface area contributed by atoms with Crippen molar-refractivity contribution in [2.45, 2.75) is 45.7 Å². The maximum Gasteiger partial charge on any atom is 0.257 e. The molecule has 1 aliphatic heterocycles. The summed E-state index contributed by atoms with van der Waals surface area (Å²) in [5, 5.41) is 6.86. The number of nitrogens with zero attached hydrogens (tertiary/aromatic N) is 3. The van der Waals surface area contributed by atoms with Gasteiger partial charge >= 0.3 is 0 Å². The molecule has 2 heterocycles. The number of carbonyl (C=O) groups excluding carboxylic acids is 1. The number of hydrogen-bond donors (Lipinski definition) is 1. The van der Waals surface area contributed by atoms with E-state index in [4.69, 9.17) is 0 Å². The molecule has 0 bridgehead atoms. The number of piperidine rings is 1. The normalized spacial score (nSPS) is 18.0. The largest absolute Gasteiger partial charge is 0.371 e. The molecular weight excluding hydrogens is 278 g/mol. The molecule has 21 heavy (non-hydrogen) atoms. The van der Waals surface area contributed by atoms with E-state index in [1.807, 2.05) is 4.90 Å². The molecule has 5 nitrogen and oxygen atoms in total. The predicted octanol–water partition coefficient (Wildman–Crippen LogP) is 2.21. The Labute approximate surface area is 123 Å². The topological polar surface area (TPSA) is 50.2 Å². The molecule has 1 aliphatic rings. The van der Waals surface area contributed by atoms with E-state index in [1.165, 1.54) is 17.1 Å². The molecule has 0 radical (unpaired) electrons. The van der Waals surface area contributed by atoms with Crippen LogP contribution in [0.15, 0.2) is 12.4 Å². The van der Waals surface area contributed by atoms with Gasteiger partial charge in [0, 0.05) is 19.3 Å². The van der Waals surface area contributed by atoms with Gasteiger partial charge in [0.05, 0.1) is 11.9 Å². The molecule has 118 valence electrons. The van der Waals surface area contributed by atoms with E-state index in [-0.39, 0.29) is 11.9 Å². The molecule has 1 aromatic heterocycles. The van der Waals surface area contributed by atoms with Gasteiger partial charge in [-0.15, -0.1) is 0 Å². The Hall–Kier alpha value is -1.66. The summed E-state index contributed by atoms with van der Waals surface area (Å²) in [5.74, 6) is 0.716. The number of likely N-dealkylation sites (tertiary alicyclic amines) is 1. The fourth-order valence-electron chi connectivity index (χ4n) is 2.49. The van der Waals surface area contributed by atoms with Crippen LogP contribution in [0.4, 0.5) is 14.5 Å². The van der Waals surface area contributed by atoms with E-state index in [0.29, 0.717) is 11.6 Å². The van der Waals surface area contributed by atoms with Crippen molar-refractivity contribution < 1.29 is 13.6 Å². The SMILES string of the molecule is CC1CCN(C(=O)[C@@H](C)Nc2cnn(CC(F)F)c2)CC1. The first-order valence-electron chi connectivity index (χ1n) is 7.31. The van der Waals surface area contributed by atoms with Crippen molar-refractivity contribution in [1.29, 1.82) is 0 Å². The van der Waals surface area contributed by atoms with E-state index in [2.05, 4.69) is 17.3 Å². The number of alkyl halides is 2. The van der Waals surface area contributed by atoms with Crippen LogP contribution in [-0.2, 0) is 11.3 Å². The Bertz CT molecular complexity index is 469. The van der Waals surface area contributed by atoms with Gasteiger partial charge in [0.2, 0.25) is 5.91 Å². The second-order valence-electron chi connectivity index (χ2n) is 5.72. The van der Waals surface area contributed by atoms with Crippen LogP contribution >= 0.6 is 0 Å². The van der Waals surface area contributed by atoms with Gasteiger partial charge in [-0.3, -0.25) is 9.48 Å². The van der Waals surface area contributed by atoms with E-state index in [0.717, 1.165) is 25.9 Å². The minimum Gasteiger partial charge on any atom is -0.371 e. The second-order valence-corrected chi connectivity index (χ2v) is 5.72. The maximum absolute atomic E-state index is 12.3. The van der Waals surface area contributed by atoms with Crippen LogP contribution in [0.2, 0.25) is 0 Å². The van der Waals surface area contributed by atoms with Gasteiger partial charge in [0.1, 0.15) is 12.6 Å². The molecule has 2 rings (SSSR count). The Morgan fingerprint density at radius 3 is 2.76 bits per heavy atom. The number of hydrogen-bond acceptors (Lipinski definition) is 3. The van der Waals surface area contributed by atoms with Crippen molar-refractivity contribution in [2.24, 2.45) is 5.92 Å². The van der Waals surface area contributed by atoms with Gasteiger partial charge in [0.25, 0.3) is 6.43 Å². The zero-order chi connectivity index (χ0) is 15.4. The van der Waals surface area contributed by atoms with Gasteiger partial charge in [-0.25, -0.2) is 8.78 Å². The summed E-state index contributed by atoms with van der Waals surface area (Å²) in [5.41, 5.74) is 0.585. The molecule has 0 aliphatic carbocycles. The summed E-state index contributed by atoms with van der Waals surface area (Å²) in [6.45, 7) is 5.12. The first kappa shape index (κ1) is 15.7. The molecule has 1 N–H and O–H groups in total. The Kier molecular flexibility index (Phi) is 5.14. The highest BCUT2D eigenvalue weighted by Gasteiger charge is 2.24. The van der Waals surface area contributed by atoms with Crippen LogP contribution < -0.4 is 5.32 Å². The van der Waals surface area contributed by atoms with Gasteiger partial charge in [-0.2, -0.15) is 5.10 Å². The van der Waals surface area contributed by atoms with E-state index in [9.17, 15) is 13.6 Å². The lowest BCUT2D eigenvalue weighted by Gasteiger charge is -2.32. The Balaban J connectivity index is 1.87. The van der Waals surface area contributed by atoms with E-state index in [1.54, 1.807) is 6.92 Å². The van der Waals surface area contributed by atoms with Gasteiger partial charge < -0.3 is 10.2 Å². The predicted molar refractivity (Wildman–Crippen MR) is 76.3 cm³/mol. The summed E-state index contributed by atoms with van der Waals surface area (Å²) in [7, 11) is 0. The summed E-state index contributed by atoms with van der Waals surface area (Å²) in [6.07, 6.45) is 2.58. The summed E-state index contributed by atoms with van der Waals surface area (Å²) >= 11 is 0. The molecule has 0 aromatic carbocycles. The molecule has 1 fully saturated rings. The van der Waals surface area contributed by atoms with Crippen LogP contribution in [0.5, 0.6) is 0 Å². The average Bonchev–Trinajstić information content (AvgIpc) is 2.85. The number of aromatic nitrogens is 2. The monoisotopic (exact) mass is 300 g/mol. The van der Waals surface area contributed by atoms with Crippen molar-refractivity contribution in [2.75, 3.05) is 18.4 Å². The first-order valence-corrected chi connectivity index (χ1v) is 7.31. The van der Waals surface area contributed by atoms with Crippen LogP contribution in [0.3, 0.4) is 0 Å². The second kappa shape index (κ2) is 6.87. The molecule has 0 spiro atoms. The lowest BCUT2D eigenvalue weighted by atomic mass is 9.99. The Morgan fingerprint density at radius 1 is 1.48 bits per heavy atom. The molecule has 0 unspecified atom stereocenters. The highest BCUT2D eigenvalue weighted by molar-refractivity contribution is 5.84. The number of anilines is 1. The van der Waals surface area contributed by atoms with Crippen molar-refractivity contribution >= 4 is 11.6 Å². The van der Waals surface area contributed by atoms with Gasteiger partial charge in [-0.1, -0.05) is 6.92 Å². The van der Waals surface area contributed by atoms with Crippen molar-refractivity contribution in [3.63, 3.8) is 0 Å². The number of carbonyl (C=O) groups is 1. The molecule has 0 saturated carbocycles. The van der Waals surface area contributed by atoms with Crippen LogP contribution in [-0.4, -0.2) is 46.1 Å². The van der Waals surface area contributed by atoms with E-state index >= 15 is 0 Å². The third-order valence-electron chi connectivity index (χ3n) is 3.81. The van der Waals surface area contributed by atoms with Crippen molar-refractivity contribution in [3.8, 4) is 0 Å². The lowest BCUT2D eigenvalue weighted by molar-refractivity contribution is -0.132. The standard InChI is InChI=1S/C14H22F2N4O/c1-10-3-5-19(6-4-10)14(21)11(2)18-12-7-17-20(8-12)9-13(15)16/h7-8,10-11,13,18H,3-6,9H2,1-2H3/t11-/m1/s1. The number of nitrogens with one attached hydrogen (secondary N) is 1. The molecular formula is C14H22F2N4O. The molecule has 1 amide bonds. The van der Waals surface area contributed by atoms with Crippen LogP contribution in [0.25, 0.3) is 0 Å². The third kappa shape index (κ3) is 4.41. The molecule has 7 heteroatoms. The smallest absolute Gasteiger partial charge is 0.257 e. The molecule has 1 atom stereocenters. The summed E-state index contributed by atoms with van der Waals surface area (Å²) in [6, 6.07) is -0.386. The van der Waals surface area contributed by atoms with Crippen molar-refractivity contribution in [1.82, 2.24) is 14.7 Å². The van der Waals surface area contributed by atoms with Crippen LogP contribution in [0, 0.1) is 5.92 Å². The number of halogens is 2. The maximum atomic E-state index is 12.3. The fourth-order valence-corrected chi connectivity index (χ4v) is 2.49. The lowest BCUT2D eigenvalue weighted by Crippen LogP contribution is -2.45. The first-order chi connectivity index (χ1) is 9.95. The molecule has 1 aromatic rings. The van der Waals surface area contributed by atoms with E-state index < -0.39 is 13.0 Å². The zero-order valence-electron chi connectivity index (χ0n) is 12.4. The minimum atomic E-state index is -2.44. The Morgan fingerprint density at radius 2 is 2.14 bits per heavy atom. The van der Waals surface area contributed by atoms with Gasteiger partial charge in [0.15, 0.2) is 0 Å². The van der Waals surface area contributed by atoms with Crippen molar-refractivity contribution in [3.05, 3.63) is 12.4 Å². The third-order valence-corrected chi connectivity index (χ3v) is 3.81. The van der Waals surface area contributed by atoms with Gasteiger partial charge in [-0.05, 0) is 25.7 Å². The average molecular weight is 300 g/mol. The summed E-state index contributed by atoms with van der Waals surface area (Å²) in [4.78, 5) is 14.2. The fraction of sp³-hybridized carbons (Fsp3) is 0.714. The molecule has 1 saturated heterocycles. The zero-order valence-corrected chi connectivity index (χ0v) is 12.4. The number of amides is 1. The highest BCUT2D eigenvalue weighted by Crippen LogP contribution is 2.17. The number of rotatable bonds is 5. The quantitative estimate of drug-likeness (QED) is 0.907. The highest BCUT2D eigenvalue weighted by atomic mass is 19.3. The van der Waals surface area contributed by atoms with Crippen LogP contribution in [0.1, 0.15) is 26.7 Å².